The molecule has 0 radical (unpaired) electrons. The largest absolute Gasteiger partial charge is 0.382 e. The molecule has 1 aromatic carbocycles. The Kier molecular flexibility index (Phi) is 4.31. The summed E-state index contributed by atoms with van der Waals surface area (Å²) >= 11 is 3.33. The molecule has 0 fully saturated rings. The summed E-state index contributed by atoms with van der Waals surface area (Å²) in [7, 11) is 0. The molecule has 1 unspecified atom stereocenters. The molecule has 0 aliphatic heterocycles. The Labute approximate surface area is 118 Å². The van der Waals surface area contributed by atoms with Gasteiger partial charge in [0.15, 0.2) is 0 Å². The van der Waals surface area contributed by atoms with E-state index in [9.17, 15) is 13.9 Å². The van der Waals surface area contributed by atoms with E-state index in [4.69, 9.17) is 0 Å². The maximum absolute atomic E-state index is 12.5. The van der Waals surface area contributed by atoms with E-state index in [-0.39, 0.29) is 5.56 Å². The minimum absolute atomic E-state index is 0.0565. The van der Waals surface area contributed by atoms with Crippen molar-refractivity contribution < 1.29 is 13.9 Å². The van der Waals surface area contributed by atoms with Gasteiger partial charge in [-0.15, -0.1) is 0 Å². The maximum atomic E-state index is 12.5. The third-order valence-electron chi connectivity index (χ3n) is 2.90. The second kappa shape index (κ2) is 5.79. The molecule has 6 heteroatoms. The molecule has 1 aromatic heterocycles. The van der Waals surface area contributed by atoms with Crippen LogP contribution in [0.1, 0.15) is 36.3 Å². The van der Waals surface area contributed by atoms with Gasteiger partial charge in [-0.3, -0.25) is 4.68 Å². The lowest BCUT2D eigenvalue weighted by Gasteiger charge is -2.14. The molecule has 1 atom stereocenters. The van der Waals surface area contributed by atoms with Crippen LogP contribution in [0.4, 0.5) is 8.78 Å². The van der Waals surface area contributed by atoms with Gasteiger partial charge >= 0.3 is 0 Å². The zero-order valence-electron chi connectivity index (χ0n) is 10.2. The van der Waals surface area contributed by atoms with E-state index >= 15 is 0 Å². The summed E-state index contributed by atoms with van der Waals surface area (Å²) in [5, 5.41) is 14.4. The number of alkyl halides is 2. The van der Waals surface area contributed by atoms with Crippen LogP contribution in [0, 0.1) is 0 Å². The first-order valence-electron chi connectivity index (χ1n) is 5.81. The normalized spacial score (nSPS) is 12.9. The number of halogens is 3. The van der Waals surface area contributed by atoms with Gasteiger partial charge in [0.25, 0.3) is 6.43 Å². The summed E-state index contributed by atoms with van der Waals surface area (Å²) in [6, 6.07) is 5.66. The molecule has 2 aromatic rings. The molecule has 0 saturated heterocycles. The molecule has 0 spiro atoms. The molecule has 3 nitrogen and oxygen atoms in total. The van der Waals surface area contributed by atoms with Crippen LogP contribution in [0.3, 0.4) is 0 Å². The molecule has 0 aliphatic rings. The lowest BCUT2D eigenvalue weighted by atomic mass is 10.0. The summed E-state index contributed by atoms with van der Waals surface area (Å²) < 4.78 is 27.3. The summed E-state index contributed by atoms with van der Waals surface area (Å²) in [4.78, 5) is 0. The second-order valence-electron chi connectivity index (χ2n) is 4.06. The standard InChI is InChI=1S/C13H13BrF2N2O/c1-2-18-11(10(14)7-17-18)12(19)8-3-5-9(6-4-8)13(15)16/h3-7,12-13,19H,2H2,1H3. The Bertz CT molecular complexity index is 554. The number of aromatic nitrogens is 2. The summed E-state index contributed by atoms with van der Waals surface area (Å²) in [5.74, 6) is 0. The number of aliphatic hydroxyl groups is 1. The first kappa shape index (κ1) is 14.1. The van der Waals surface area contributed by atoms with Crippen molar-refractivity contribution >= 4 is 15.9 Å². The molecular weight excluding hydrogens is 318 g/mol. The minimum atomic E-state index is -2.50. The average Bonchev–Trinajstić information content (AvgIpc) is 2.79. The molecule has 102 valence electrons. The van der Waals surface area contributed by atoms with Crippen molar-refractivity contribution in [3.63, 3.8) is 0 Å². The molecule has 0 saturated carbocycles. The van der Waals surface area contributed by atoms with Gasteiger partial charge in [-0.05, 0) is 28.4 Å². The van der Waals surface area contributed by atoms with Gasteiger partial charge < -0.3 is 5.11 Å². The molecular formula is C13H13BrF2N2O. The maximum Gasteiger partial charge on any atom is 0.263 e. The number of benzene rings is 1. The Hall–Kier alpha value is -1.27. The molecule has 1 N–H and O–H groups in total. The number of rotatable bonds is 4. The van der Waals surface area contributed by atoms with Gasteiger partial charge in [0.1, 0.15) is 6.10 Å². The predicted molar refractivity (Wildman–Crippen MR) is 71.1 cm³/mol. The van der Waals surface area contributed by atoms with Crippen LogP contribution >= 0.6 is 15.9 Å². The van der Waals surface area contributed by atoms with Crippen molar-refractivity contribution in [1.82, 2.24) is 9.78 Å². The van der Waals surface area contributed by atoms with Crippen molar-refractivity contribution in [2.45, 2.75) is 26.0 Å². The Balaban J connectivity index is 2.33. The van der Waals surface area contributed by atoms with E-state index < -0.39 is 12.5 Å². The van der Waals surface area contributed by atoms with E-state index in [1.165, 1.54) is 24.3 Å². The molecule has 0 amide bonds. The number of hydrogen-bond acceptors (Lipinski definition) is 2. The fourth-order valence-electron chi connectivity index (χ4n) is 1.88. The zero-order chi connectivity index (χ0) is 14.0. The Morgan fingerprint density at radius 3 is 2.37 bits per heavy atom. The first-order chi connectivity index (χ1) is 9.04. The van der Waals surface area contributed by atoms with Crippen molar-refractivity contribution in [2.75, 3.05) is 0 Å². The quantitative estimate of drug-likeness (QED) is 0.928. The monoisotopic (exact) mass is 330 g/mol. The fourth-order valence-corrected chi connectivity index (χ4v) is 2.39. The average molecular weight is 331 g/mol. The van der Waals surface area contributed by atoms with Gasteiger partial charge in [-0.2, -0.15) is 5.10 Å². The minimum Gasteiger partial charge on any atom is -0.382 e. The number of nitrogens with zero attached hydrogens (tertiary/aromatic N) is 2. The van der Waals surface area contributed by atoms with Crippen molar-refractivity contribution in [2.24, 2.45) is 0 Å². The van der Waals surface area contributed by atoms with Crippen LogP contribution in [0.2, 0.25) is 0 Å². The molecule has 1 heterocycles. The topological polar surface area (TPSA) is 38.0 Å². The molecule has 0 aliphatic carbocycles. The molecule has 0 bridgehead atoms. The van der Waals surface area contributed by atoms with Gasteiger partial charge in [0.2, 0.25) is 0 Å². The van der Waals surface area contributed by atoms with Crippen LogP contribution in [0.5, 0.6) is 0 Å². The van der Waals surface area contributed by atoms with Crippen molar-refractivity contribution in [3.05, 3.63) is 51.8 Å². The third-order valence-corrected chi connectivity index (χ3v) is 3.51. The van der Waals surface area contributed by atoms with E-state index in [1.807, 2.05) is 6.92 Å². The Morgan fingerprint density at radius 2 is 1.84 bits per heavy atom. The Morgan fingerprint density at radius 1 is 1.26 bits per heavy atom. The fraction of sp³-hybridized carbons (Fsp3) is 0.308. The van der Waals surface area contributed by atoms with Crippen LogP contribution in [-0.2, 0) is 6.54 Å². The lowest BCUT2D eigenvalue weighted by molar-refractivity contribution is 0.151. The number of aliphatic hydroxyl groups excluding tert-OH is 1. The van der Waals surface area contributed by atoms with Crippen molar-refractivity contribution in [1.29, 1.82) is 0 Å². The van der Waals surface area contributed by atoms with Crippen LogP contribution < -0.4 is 0 Å². The molecule has 2 rings (SSSR count). The van der Waals surface area contributed by atoms with E-state index in [0.717, 1.165) is 0 Å². The highest BCUT2D eigenvalue weighted by Crippen LogP contribution is 2.29. The highest BCUT2D eigenvalue weighted by atomic mass is 79.9. The van der Waals surface area contributed by atoms with Gasteiger partial charge in [0, 0.05) is 12.1 Å². The number of hydrogen-bond donors (Lipinski definition) is 1. The summed E-state index contributed by atoms with van der Waals surface area (Å²) in [6.45, 7) is 2.53. The van der Waals surface area contributed by atoms with Crippen molar-refractivity contribution in [3.8, 4) is 0 Å². The van der Waals surface area contributed by atoms with E-state index in [2.05, 4.69) is 21.0 Å². The second-order valence-corrected chi connectivity index (χ2v) is 4.92. The zero-order valence-corrected chi connectivity index (χ0v) is 11.8. The van der Waals surface area contributed by atoms with Crippen LogP contribution in [0.25, 0.3) is 0 Å². The van der Waals surface area contributed by atoms with Crippen LogP contribution in [0.15, 0.2) is 34.9 Å². The molecule has 19 heavy (non-hydrogen) atoms. The first-order valence-corrected chi connectivity index (χ1v) is 6.61. The number of aryl methyl sites for hydroxylation is 1. The highest BCUT2D eigenvalue weighted by Gasteiger charge is 2.19. The third kappa shape index (κ3) is 2.84. The van der Waals surface area contributed by atoms with E-state index in [1.54, 1.807) is 10.9 Å². The van der Waals surface area contributed by atoms with Gasteiger partial charge in [-0.1, -0.05) is 24.3 Å². The SMILES string of the molecule is CCn1ncc(Br)c1C(O)c1ccc(C(F)F)cc1. The highest BCUT2D eigenvalue weighted by molar-refractivity contribution is 9.10. The summed E-state index contributed by atoms with van der Waals surface area (Å²) in [5.41, 5.74) is 1.12. The lowest BCUT2D eigenvalue weighted by Crippen LogP contribution is -2.09. The van der Waals surface area contributed by atoms with Gasteiger partial charge in [0.05, 0.1) is 16.4 Å². The van der Waals surface area contributed by atoms with Crippen LogP contribution in [-0.4, -0.2) is 14.9 Å². The predicted octanol–water partition coefficient (Wildman–Crippen LogP) is 3.68. The van der Waals surface area contributed by atoms with E-state index in [0.29, 0.717) is 22.3 Å². The summed E-state index contributed by atoms with van der Waals surface area (Å²) in [6.07, 6.45) is -1.79. The van der Waals surface area contributed by atoms with Gasteiger partial charge in [-0.25, -0.2) is 8.78 Å². The smallest absolute Gasteiger partial charge is 0.263 e.